The van der Waals surface area contributed by atoms with Crippen LogP contribution in [0.15, 0.2) is 0 Å². The molecule has 96 valence electrons. The van der Waals surface area contributed by atoms with Crippen LogP contribution in [-0.2, 0) is 10.0 Å². The van der Waals surface area contributed by atoms with Crippen molar-refractivity contribution < 1.29 is 12.8 Å². The van der Waals surface area contributed by atoms with Crippen molar-refractivity contribution in [1.82, 2.24) is 10.0 Å². The second-order valence-corrected chi connectivity index (χ2v) is 6.18. The van der Waals surface area contributed by atoms with Crippen LogP contribution >= 0.6 is 0 Å². The predicted octanol–water partition coefficient (Wildman–Crippen LogP) is 0.655. The molecule has 4 nitrogen and oxygen atoms in total. The lowest BCUT2D eigenvalue weighted by atomic mass is 9.96. The van der Waals surface area contributed by atoms with Gasteiger partial charge in [-0.2, -0.15) is 0 Å². The Kier molecular flexibility index (Phi) is 6.23. The van der Waals surface area contributed by atoms with E-state index in [1.54, 1.807) is 0 Å². The number of alkyl halides is 1. The van der Waals surface area contributed by atoms with Crippen molar-refractivity contribution >= 4 is 10.0 Å². The third kappa shape index (κ3) is 5.77. The molecule has 0 aromatic carbocycles. The Labute approximate surface area is 97.0 Å². The molecule has 0 aromatic heterocycles. The number of rotatable bonds is 7. The summed E-state index contributed by atoms with van der Waals surface area (Å²) in [5.41, 5.74) is 0. The Balaban J connectivity index is 2.13. The topological polar surface area (TPSA) is 58.2 Å². The van der Waals surface area contributed by atoms with Crippen LogP contribution < -0.4 is 10.0 Å². The van der Waals surface area contributed by atoms with Crippen LogP contribution in [-0.4, -0.2) is 40.5 Å². The van der Waals surface area contributed by atoms with Crippen molar-refractivity contribution in [3.8, 4) is 0 Å². The van der Waals surface area contributed by atoms with Crippen LogP contribution in [0.2, 0.25) is 0 Å². The molecule has 0 radical (unpaired) electrons. The van der Waals surface area contributed by atoms with Crippen LogP contribution in [0.4, 0.5) is 4.39 Å². The first kappa shape index (κ1) is 13.9. The predicted molar refractivity (Wildman–Crippen MR) is 62.6 cm³/mol. The minimum absolute atomic E-state index is 0.0836. The van der Waals surface area contributed by atoms with Gasteiger partial charge < -0.3 is 5.32 Å². The summed E-state index contributed by atoms with van der Waals surface area (Å²) in [6.07, 6.45) is 3.28. The molecule has 1 unspecified atom stereocenters. The van der Waals surface area contributed by atoms with Crippen LogP contribution in [0.3, 0.4) is 0 Å². The zero-order chi connectivity index (χ0) is 11.9. The first-order valence-electron chi connectivity index (χ1n) is 5.88. The summed E-state index contributed by atoms with van der Waals surface area (Å²) < 4.78 is 37.0. The lowest BCUT2D eigenvalue weighted by molar-refractivity contribution is 0.358. The molecule has 0 bridgehead atoms. The third-order valence-corrected chi connectivity index (χ3v) is 4.29. The van der Waals surface area contributed by atoms with Crippen molar-refractivity contribution in [2.45, 2.75) is 25.7 Å². The van der Waals surface area contributed by atoms with Gasteiger partial charge in [0.1, 0.15) is 0 Å². The molecule has 0 aliphatic carbocycles. The van der Waals surface area contributed by atoms with E-state index in [2.05, 4.69) is 10.0 Å². The zero-order valence-electron chi connectivity index (χ0n) is 9.54. The molecule has 1 rings (SSSR count). The zero-order valence-corrected chi connectivity index (χ0v) is 10.4. The molecule has 1 atom stereocenters. The third-order valence-electron chi connectivity index (χ3n) is 2.82. The fourth-order valence-corrected chi connectivity index (χ4v) is 2.97. The molecule has 1 aliphatic heterocycles. The average molecular weight is 252 g/mol. The summed E-state index contributed by atoms with van der Waals surface area (Å²) >= 11 is 0. The molecule has 0 spiro atoms. The van der Waals surface area contributed by atoms with E-state index in [0.29, 0.717) is 12.5 Å². The summed E-state index contributed by atoms with van der Waals surface area (Å²) in [6, 6.07) is 0. The molecule has 1 saturated heterocycles. The molecule has 6 heteroatoms. The SMILES string of the molecule is O=S(=O)(CCCF)NCCC1CCCNC1. The van der Waals surface area contributed by atoms with Crippen molar-refractivity contribution in [1.29, 1.82) is 0 Å². The van der Waals surface area contributed by atoms with Gasteiger partial charge in [0, 0.05) is 6.54 Å². The molecular formula is C10H21FN2O2S. The van der Waals surface area contributed by atoms with E-state index < -0.39 is 16.7 Å². The highest BCUT2D eigenvalue weighted by Gasteiger charge is 2.14. The fraction of sp³-hybridized carbons (Fsp3) is 1.00. The number of nitrogens with one attached hydrogen (secondary N) is 2. The second-order valence-electron chi connectivity index (χ2n) is 4.26. The number of sulfonamides is 1. The first-order valence-corrected chi connectivity index (χ1v) is 7.53. The van der Waals surface area contributed by atoms with Crippen molar-refractivity contribution in [3.05, 3.63) is 0 Å². The highest BCUT2D eigenvalue weighted by atomic mass is 32.2. The number of piperidine rings is 1. The van der Waals surface area contributed by atoms with Gasteiger partial charge in [-0.15, -0.1) is 0 Å². The van der Waals surface area contributed by atoms with Gasteiger partial charge in [0.05, 0.1) is 12.4 Å². The Hall–Kier alpha value is -0.200. The van der Waals surface area contributed by atoms with E-state index in [1.165, 1.54) is 12.8 Å². The molecule has 1 aliphatic rings. The summed E-state index contributed by atoms with van der Waals surface area (Å²) in [5.74, 6) is 0.463. The van der Waals surface area contributed by atoms with Gasteiger partial charge in [-0.1, -0.05) is 0 Å². The summed E-state index contributed by atoms with van der Waals surface area (Å²) in [4.78, 5) is 0. The Morgan fingerprint density at radius 3 is 2.88 bits per heavy atom. The lowest BCUT2D eigenvalue weighted by Crippen LogP contribution is -2.33. The van der Waals surface area contributed by atoms with Gasteiger partial charge in [0.15, 0.2) is 0 Å². The highest BCUT2D eigenvalue weighted by molar-refractivity contribution is 7.89. The van der Waals surface area contributed by atoms with Crippen LogP contribution in [0.5, 0.6) is 0 Å². The Bertz CT molecular complexity index is 277. The maximum absolute atomic E-state index is 11.8. The molecule has 0 aromatic rings. The number of halogens is 1. The van der Waals surface area contributed by atoms with Crippen LogP contribution in [0, 0.1) is 5.92 Å². The molecule has 1 fully saturated rings. The maximum Gasteiger partial charge on any atom is 0.211 e. The molecule has 0 saturated carbocycles. The van der Waals surface area contributed by atoms with Gasteiger partial charge in [0.2, 0.25) is 10.0 Å². The van der Waals surface area contributed by atoms with E-state index in [0.717, 1.165) is 19.5 Å². The highest BCUT2D eigenvalue weighted by Crippen LogP contribution is 2.13. The van der Waals surface area contributed by atoms with E-state index in [9.17, 15) is 12.8 Å². The molecule has 16 heavy (non-hydrogen) atoms. The standard InChI is InChI=1S/C10H21FN2O2S/c11-5-2-8-16(14,15)13-7-4-10-3-1-6-12-9-10/h10,12-13H,1-9H2. The summed E-state index contributed by atoms with van der Waals surface area (Å²) in [7, 11) is -3.25. The van der Waals surface area contributed by atoms with E-state index in [-0.39, 0.29) is 12.2 Å². The van der Waals surface area contributed by atoms with E-state index >= 15 is 0 Å². The normalized spacial score (nSPS) is 22.2. The van der Waals surface area contributed by atoms with Gasteiger partial charge in [0.25, 0.3) is 0 Å². The monoisotopic (exact) mass is 252 g/mol. The average Bonchev–Trinajstić information content (AvgIpc) is 2.28. The minimum atomic E-state index is -3.25. The second kappa shape index (κ2) is 7.19. The van der Waals surface area contributed by atoms with Crippen LogP contribution in [0.25, 0.3) is 0 Å². The van der Waals surface area contributed by atoms with Gasteiger partial charge in [-0.05, 0) is 44.7 Å². The number of hydrogen-bond donors (Lipinski definition) is 2. The summed E-state index contributed by atoms with van der Waals surface area (Å²) in [6.45, 7) is 1.94. The van der Waals surface area contributed by atoms with E-state index in [4.69, 9.17) is 0 Å². The molecule has 2 N–H and O–H groups in total. The Morgan fingerprint density at radius 2 is 2.25 bits per heavy atom. The molecule has 0 amide bonds. The van der Waals surface area contributed by atoms with Crippen LogP contribution in [0.1, 0.15) is 25.7 Å². The van der Waals surface area contributed by atoms with E-state index in [1.807, 2.05) is 0 Å². The molecule has 1 heterocycles. The van der Waals surface area contributed by atoms with Gasteiger partial charge >= 0.3 is 0 Å². The minimum Gasteiger partial charge on any atom is -0.316 e. The smallest absolute Gasteiger partial charge is 0.211 e. The maximum atomic E-state index is 11.8. The van der Waals surface area contributed by atoms with Gasteiger partial charge in [-0.3, -0.25) is 4.39 Å². The molecular weight excluding hydrogens is 231 g/mol. The lowest BCUT2D eigenvalue weighted by Gasteiger charge is -2.22. The van der Waals surface area contributed by atoms with Crippen molar-refractivity contribution in [3.63, 3.8) is 0 Å². The quantitative estimate of drug-likeness (QED) is 0.699. The van der Waals surface area contributed by atoms with Gasteiger partial charge in [-0.25, -0.2) is 13.1 Å². The number of hydrogen-bond acceptors (Lipinski definition) is 3. The Morgan fingerprint density at radius 1 is 1.44 bits per heavy atom. The van der Waals surface area contributed by atoms with Crippen molar-refractivity contribution in [2.24, 2.45) is 5.92 Å². The largest absolute Gasteiger partial charge is 0.316 e. The fourth-order valence-electron chi connectivity index (χ4n) is 1.91. The van der Waals surface area contributed by atoms with Crippen molar-refractivity contribution in [2.75, 3.05) is 32.1 Å². The summed E-state index contributed by atoms with van der Waals surface area (Å²) in [5, 5.41) is 3.29. The first-order chi connectivity index (χ1) is 7.64.